The number of rotatable bonds is 3. The quantitative estimate of drug-likeness (QED) is 0.917. The van der Waals surface area contributed by atoms with Crippen LogP contribution in [0.25, 0.3) is 0 Å². The minimum Gasteiger partial charge on any atom is -0.465 e. The normalized spacial score (nSPS) is 18.5. The van der Waals surface area contributed by atoms with Gasteiger partial charge in [0, 0.05) is 12.6 Å². The van der Waals surface area contributed by atoms with Crippen LogP contribution in [0.15, 0.2) is 18.2 Å². The summed E-state index contributed by atoms with van der Waals surface area (Å²) < 4.78 is 38.9. The average Bonchev–Trinajstić information content (AvgIpc) is 2.46. The van der Waals surface area contributed by atoms with Crippen LogP contribution in [0, 0.1) is 0 Å². The summed E-state index contributed by atoms with van der Waals surface area (Å²) >= 11 is 0. The van der Waals surface area contributed by atoms with E-state index in [2.05, 4.69) is 4.90 Å². The summed E-state index contributed by atoms with van der Waals surface area (Å²) in [5, 5.41) is 9.24. The van der Waals surface area contributed by atoms with Gasteiger partial charge >= 0.3 is 12.3 Å². The van der Waals surface area contributed by atoms with Gasteiger partial charge in [0.25, 0.3) is 0 Å². The van der Waals surface area contributed by atoms with Gasteiger partial charge in [-0.15, -0.1) is 0 Å². The summed E-state index contributed by atoms with van der Waals surface area (Å²) in [7, 11) is 0. The Morgan fingerprint density at radius 1 is 1.36 bits per heavy atom. The van der Waals surface area contributed by atoms with Gasteiger partial charge in [-0.2, -0.15) is 13.2 Å². The molecule has 7 heteroatoms. The van der Waals surface area contributed by atoms with Crippen LogP contribution < -0.4 is 4.90 Å². The predicted molar refractivity (Wildman–Crippen MR) is 77.1 cm³/mol. The second-order valence-electron chi connectivity index (χ2n) is 5.23. The molecule has 22 heavy (non-hydrogen) atoms. The number of anilines is 1. The molecule has 0 saturated heterocycles. The molecule has 0 spiro atoms. The topological polar surface area (TPSA) is 43.8 Å². The summed E-state index contributed by atoms with van der Waals surface area (Å²) in [4.78, 5) is 14.5. The van der Waals surface area contributed by atoms with Crippen LogP contribution in [-0.4, -0.2) is 35.7 Å². The monoisotopic (exact) mass is 316 g/mol. The van der Waals surface area contributed by atoms with Crippen molar-refractivity contribution in [3.63, 3.8) is 0 Å². The second-order valence-corrected chi connectivity index (χ2v) is 5.23. The Hall–Kier alpha value is -1.76. The third-order valence-electron chi connectivity index (χ3n) is 4.11. The van der Waals surface area contributed by atoms with E-state index in [1.54, 1.807) is 0 Å². The van der Waals surface area contributed by atoms with Crippen molar-refractivity contribution in [3.05, 3.63) is 29.3 Å². The number of nitrogens with zero attached hydrogens (tertiary/aromatic N) is 2. The Kier molecular flexibility index (Phi) is 4.65. The van der Waals surface area contributed by atoms with Crippen LogP contribution in [0.2, 0.25) is 0 Å². The zero-order chi connectivity index (χ0) is 16.5. The Balaban J connectivity index is 2.54. The fourth-order valence-corrected chi connectivity index (χ4v) is 3.01. The van der Waals surface area contributed by atoms with Gasteiger partial charge in [-0.25, -0.2) is 4.79 Å². The van der Waals surface area contributed by atoms with Gasteiger partial charge in [-0.05, 0) is 43.3 Å². The highest BCUT2D eigenvalue weighted by Crippen LogP contribution is 2.41. The third-order valence-corrected chi connectivity index (χ3v) is 4.11. The molecule has 0 radical (unpaired) electrons. The molecule has 1 aliphatic rings. The van der Waals surface area contributed by atoms with Crippen LogP contribution in [0.4, 0.5) is 23.7 Å². The highest BCUT2D eigenvalue weighted by molar-refractivity contribution is 5.88. The molecule has 1 aliphatic heterocycles. The molecule has 1 N–H and O–H groups in total. The molecule has 1 atom stereocenters. The van der Waals surface area contributed by atoms with Crippen LogP contribution >= 0.6 is 0 Å². The lowest BCUT2D eigenvalue weighted by Gasteiger charge is -2.38. The summed E-state index contributed by atoms with van der Waals surface area (Å²) in [5.41, 5.74) is 0.0477. The maximum atomic E-state index is 13.0. The molecule has 0 bridgehead atoms. The molecule has 4 nitrogen and oxygen atoms in total. The SMILES string of the molecule is CCN(CC)[C@H]1CCN(C(=O)O)c2ccc(C(F)(F)F)cc21. The number of alkyl halides is 3. The van der Waals surface area contributed by atoms with E-state index >= 15 is 0 Å². The lowest BCUT2D eigenvalue weighted by Crippen LogP contribution is -2.40. The fraction of sp³-hybridized carbons (Fsp3) is 0.533. The number of fused-ring (bicyclic) bond motifs is 1. The van der Waals surface area contributed by atoms with Crippen molar-refractivity contribution in [2.75, 3.05) is 24.5 Å². The molecule has 0 saturated carbocycles. The van der Waals surface area contributed by atoms with Crippen LogP contribution in [0.1, 0.15) is 37.4 Å². The zero-order valence-electron chi connectivity index (χ0n) is 12.5. The molecule has 2 rings (SSSR count). The molecule has 0 aromatic heterocycles. The summed E-state index contributed by atoms with van der Waals surface area (Å²) in [6.45, 7) is 5.57. The Bertz CT molecular complexity index is 556. The van der Waals surface area contributed by atoms with Gasteiger partial charge in [0.05, 0.1) is 11.3 Å². The first-order valence-electron chi connectivity index (χ1n) is 7.25. The Morgan fingerprint density at radius 3 is 2.50 bits per heavy atom. The molecule has 122 valence electrons. The minimum atomic E-state index is -4.44. The van der Waals surface area contributed by atoms with Gasteiger partial charge < -0.3 is 5.11 Å². The highest BCUT2D eigenvalue weighted by atomic mass is 19.4. The standard InChI is InChI=1S/C15H19F3N2O2/c1-3-19(4-2)12-7-8-20(14(21)22)13-6-5-10(9-11(12)13)15(16,17)18/h5-6,9,12H,3-4,7-8H2,1-2H3,(H,21,22)/t12-/m0/s1. The van der Waals surface area contributed by atoms with E-state index in [0.29, 0.717) is 30.8 Å². The van der Waals surface area contributed by atoms with Crippen LogP contribution in [-0.2, 0) is 6.18 Å². The zero-order valence-corrected chi connectivity index (χ0v) is 12.5. The number of benzene rings is 1. The Morgan fingerprint density at radius 2 is 2.00 bits per heavy atom. The van der Waals surface area contributed by atoms with Crippen molar-refractivity contribution >= 4 is 11.8 Å². The van der Waals surface area contributed by atoms with Gasteiger partial charge in [0.1, 0.15) is 0 Å². The number of hydrogen-bond donors (Lipinski definition) is 1. The van der Waals surface area contributed by atoms with Gasteiger partial charge in [-0.1, -0.05) is 13.8 Å². The Labute approximate surface area is 127 Å². The van der Waals surface area contributed by atoms with Crippen molar-refractivity contribution in [1.82, 2.24) is 4.90 Å². The first kappa shape index (κ1) is 16.6. The molecule has 0 unspecified atom stereocenters. The molecule has 1 amide bonds. The second kappa shape index (κ2) is 6.16. The molecular formula is C15H19F3N2O2. The number of amides is 1. The minimum absolute atomic E-state index is 0.192. The molecule has 1 aromatic rings. The molecule has 1 aromatic carbocycles. The third kappa shape index (κ3) is 3.04. The van der Waals surface area contributed by atoms with Crippen molar-refractivity contribution < 1.29 is 23.1 Å². The maximum Gasteiger partial charge on any atom is 0.416 e. The van der Waals surface area contributed by atoms with E-state index in [9.17, 15) is 23.1 Å². The van der Waals surface area contributed by atoms with Gasteiger partial charge in [0.2, 0.25) is 0 Å². The molecule has 0 fully saturated rings. The first-order chi connectivity index (χ1) is 10.3. The van der Waals surface area contributed by atoms with E-state index in [-0.39, 0.29) is 12.6 Å². The first-order valence-corrected chi connectivity index (χ1v) is 7.25. The van der Waals surface area contributed by atoms with Crippen LogP contribution in [0.5, 0.6) is 0 Å². The molecular weight excluding hydrogens is 297 g/mol. The summed E-state index contributed by atoms with van der Waals surface area (Å²) in [5.74, 6) is 0. The number of hydrogen-bond acceptors (Lipinski definition) is 2. The van der Waals surface area contributed by atoms with Crippen molar-refractivity contribution in [3.8, 4) is 0 Å². The smallest absolute Gasteiger partial charge is 0.416 e. The van der Waals surface area contributed by atoms with Crippen LogP contribution in [0.3, 0.4) is 0 Å². The molecule has 0 aliphatic carbocycles. The fourth-order valence-electron chi connectivity index (χ4n) is 3.01. The van der Waals surface area contributed by atoms with Crippen molar-refractivity contribution in [2.45, 2.75) is 32.5 Å². The molecule has 1 heterocycles. The maximum absolute atomic E-state index is 13.0. The number of carbonyl (C=O) groups is 1. The van der Waals surface area contributed by atoms with E-state index in [0.717, 1.165) is 17.0 Å². The van der Waals surface area contributed by atoms with E-state index in [1.165, 1.54) is 6.07 Å². The number of carboxylic acid groups (broad SMARTS) is 1. The summed E-state index contributed by atoms with van der Waals surface area (Å²) in [6, 6.07) is 3.11. The largest absolute Gasteiger partial charge is 0.465 e. The lowest BCUT2D eigenvalue weighted by atomic mass is 9.93. The summed E-state index contributed by atoms with van der Waals surface area (Å²) in [6.07, 6.45) is -5.09. The van der Waals surface area contributed by atoms with E-state index < -0.39 is 17.8 Å². The highest BCUT2D eigenvalue weighted by Gasteiger charge is 2.36. The van der Waals surface area contributed by atoms with E-state index in [4.69, 9.17) is 0 Å². The average molecular weight is 316 g/mol. The van der Waals surface area contributed by atoms with Gasteiger partial charge in [0.15, 0.2) is 0 Å². The lowest BCUT2D eigenvalue weighted by molar-refractivity contribution is -0.137. The van der Waals surface area contributed by atoms with E-state index in [1.807, 2.05) is 13.8 Å². The number of halogens is 3. The van der Waals surface area contributed by atoms with Crippen molar-refractivity contribution in [2.24, 2.45) is 0 Å². The van der Waals surface area contributed by atoms with Crippen molar-refractivity contribution in [1.29, 1.82) is 0 Å². The predicted octanol–water partition coefficient (Wildman–Crippen LogP) is 3.98. The van der Waals surface area contributed by atoms with Gasteiger partial charge in [-0.3, -0.25) is 9.80 Å².